The van der Waals surface area contributed by atoms with Crippen LogP contribution in [0.1, 0.15) is 12.5 Å². The SMILES string of the molecule is C=C(C)c1c(Br)c(Br)c(Br)c(Br)c1Br. The predicted octanol–water partition coefficient (Wildman–Crippen LogP) is 6.53. The summed E-state index contributed by atoms with van der Waals surface area (Å²) in [6.07, 6.45) is 0. The normalized spacial score (nSPS) is 10.4. The monoisotopic (exact) mass is 508 g/mol. The van der Waals surface area contributed by atoms with Gasteiger partial charge in [0.05, 0.1) is 0 Å². The van der Waals surface area contributed by atoms with E-state index in [9.17, 15) is 0 Å². The molecule has 0 heterocycles. The van der Waals surface area contributed by atoms with E-state index in [4.69, 9.17) is 0 Å². The largest absolute Gasteiger partial charge is 0.0954 e. The molecule has 1 rings (SSSR count). The Bertz CT molecular complexity index is 379. The van der Waals surface area contributed by atoms with Crippen molar-refractivity contribution in [1.29, 1.82) is 0 Å². The summed E-state index contributed by atoms with van der Waals surface area (Å²) in [6, 6.07) is 0. The lowest BCUT2D eigenvalue weighted by molar-refractivity contribution is 1.40. The van der Waals surface area contributed by atoms with E-state index in [1.165, 1.54) is 0 Å². The van der Waals surface area contributed by atoms with Gasteiger partial charge in [-0.2, -0.15) is 0 Å². The van der Waals surface area contributed by atoms with Crippen molar-refractivity contribution in [3.63, 3.8) is 0 Å². The molecule has 0 fully saturated rings. The summed E-state index contributed by atoms with van der Waals surface area (Å²) in [4.78, 5) is 0. The van der Waals surface area contributed by atoms with Gasteiger partial charge in [0.15, 0.2) is 0 Å². The van der Waals surface area contributed by atoms with Crippen LogP contribution in [0.3, 0.4) is 0 Å². The van der Waals surface area contributed by atoms with Gasteiger partial charge in [0.2, 0.25) is 0 Å². The highest BCUT2D eigenvalue weighted by molar-refractivity contribution is 9.15. The Labute approximate surface area is 125 Å². The van der Waals surface area contributed by atoms with E-state index in [-0.39, 0.29) is 0 Å². The summed E-state index contributed by atoms with van der Waals surface area (Å²) < 4.78 is 4.91. The van der Waals surface area contributed by atoms with Gasteiger partial charge in [0.25, 0.3) is 0 Å². The second-order valence-electron chi connectivity index (χ2n) is 2.73. The second kappa shape index (κ2) is 5.13. The molecule has 0 saturated carbocycles. The molecule has 0 bridgehead atoms. The number of allylic oxidation sites excluding steroid dienone is 1. The first-order valence-electron chi connectivity index (χ1n) is 3.55. The van der Waals surface area contributed by atoms with Crippen LogP contribution in [0.2, 0.25) is 0 Å². The van der Waals surface area contributed by atoms with E-state index in [0.717, 1.165) is 33.5 Å². The lowest BCUT2D eigenvalue weighted by Crippen LogP contribution is -1.89. The number of hydrogen-bond acceptors (Lipinski definition) is 0. The fourth-order valence-electron chi connectivity index (χ4n) is 0.980. The van der Waals surface area contributed by atoms with Crippen LogP contribution in [-0.2, 0) is 0 Å². The zero-order chi connectivity index (χ0) is 11.0. The third-order valence-electron chi connectivity index (χ3n) is 1.64. The molecule has 76 valence electrons. The fourth-order valence-corrected chi connectivity index (χ4v) is 4.70. The number of hydrogen-bond donors (Lipinski definition) is 0. The van der Waals surface area contributed by atoms with Crippen molar-refractivity contribution in [3.8, 4) is 0 Å². The highest BCUT2D eigenvalue weighted by Crippen LogP contribution is 2.46. The molecule has 0 aromatic heterocycles. The number of benzene rings is 1. The van der Waals surface area contributed by atoms with Crippen molar-refractivity contribution in [3.05, 3.63) is 34.5 Å². The molecule has 0 amide bonds. The van der Waals surface area contributed by atoms with Crippen molar-refractivity contribution in [2.45, 2.75) is 6.92 Å². The molecule has 0 spiro atoms. The Morgan fingerprint density at radius 2 is 1.07 bits per heavy atom. The van der Waals surface area contributed by atoms with Crippen molar-refractivity contribution >= 4 is 85.2 Å². The Morgan fingerprint density at radius 1 is 0.786 bits per heavy atom. The molecule has 0 atom stereocenters. The van der Waals surface area contributed by atoms with Gasteiger partial charge in [-0.1, -0.05) is 6.58 Å². The van der Waals surface area contributed by atoms with Gasteiger partial charge in [0, 0.05) is 27.9 Å². The quantitative estimate of drug-likeness (QED) is 0.296. The Balaban J connectivity index is 3.68. The second-order valence-corrected chi connectivity index (χ2v) is 6.69. The molecule has 0 N–H and O–H groups in total. The lowest BCUT2D eigenvalue weighted by atomic mass is 10.1. The Kier molecular flexibility index (Phi) is 4.92. The molecule has 0 radical (unpaired) electrons. The molecule has 0 saturated heterocycles. The maximum Gasteiger partial charge on any atom is 0.0482 e. The number of rotatable bonds is 1. The minimum atomic E-state index is 0.973. The van der Waals surface area contributed by atoms with Gasteiger partial charge in [0.1, 0.15) is 0 Å². The summed E-state index contributed by atoms with van der Waals surface area (Å²) in [5.74, 6) is 0. The van der Waals surface area contributed by atoms with Crippen molar-refractivity contribution in [2.24, 2.45) is 0 Å². The minimum Gasteiger partial charge on any atom is -0.0954 e. The maximum absolute atomic E-state index is 3.94. The van der Waals surface area contributed by atoms with Gasteiger partial charge in [-0.05, 0) is 92.1 Å². The predicted molar refractivity (Wildman–Crippen MR) is 79.7 cm³/mol. The first-order chi connectivity index (χ1) is 6.37. The molecule has 14 heavy (non-hydrogen) atoms. The van der Waals surface area contributed by atoms with Gasteiger partial charge in [-0.15, -0.1) is 0 Å². The molecule has 0 aliphatic rings. The van der Waals surface area contributed by atoms with Crippen LogP contribution in [-0.4, -0.2) is 0 Å². The molecule has 5 heteroatoms. The summed E-state index contributed by atoms with van der Waals surface area (Å²) in [5, 5.41) is 0. The van der Waals surface area contributed by atoms with E-state index in [1.807, 2.05) is 6.92 Å². The summed E-state index contributed by atoms with van der Waals surface area (Å²) in [7, 11) is 0. The smallest absolute Gasteiger partial charge is 0.0482 e. The Morgan fingerprint density at radius 3 is 1.36 bits per heavy atom. The molecule has 0 nitrogen and oxygen atoms in total. The Hall–Kier alpha value is 1.36. The average Bonchev–Trinajstić information content (AvgIpc) is 2.11. The third-order valence-corrected chi connectivity index (χ3v) is 7.73. The topological polar surface area (TPSA) is 0 Å². The van der Waals surface area contributed by atoms with Crippen LogP contribution in [0.4, 0.5) is 0 Å². The first-order valence-corrected chi connectivity index (χ1v) is 7.51. The summed E-state index contributed by atoms with van der Waals surface area (Å²) in [5.41, 5.74) is 2.06. The van der Waals surface area contributed by atoms with Crippen LogP contribution in [0, 0.1) is 0 Å². The van der Waals surface area contributed by atoms with Crippen LogP contribution in [0.25, 0.3) is 5.57 Å². The lowest BCUT2D eigenvalue weighted by Gasteiger charge is -2.13. The zero-order valence-electron chi connectivity index (χ0n) is 7.10. The molecule has 1 aromatic rings. The van der Waals surface area contributed by atoms with Crippen LogP contribution < -0.4 is 0 Å². The van der Waals surface area contributed by atoms with Crippen molar-refractivity contribution < 1.29 is 0 Å². The van der Waals surface area contributed by atoms with Gasteiger partial charge in [-0.3, -0.25) is 0 Å². The third kappa shape index (κ3) is 2.37. The van der Waals surface area contributed by atoms with Crippen molar-refractivity contribution in [2.75, 3.05) is 0 Å². The zero-order valence-corrected chi connectivity index (χ0v) is 15.0. The average molecular weight is 513 g/mol. The summed E-state index contributed by atoms with van der Waals surface area (Å²) >= 11 is 17.5. The van der Waals surface area contributed by atoms with Gasteiger partial charge in [-0.25, -0.2) is 0 Å². The maximum atomic E-state index is 3.94. The molecule has 0 aliphatic carbocycles. The molecular formula is C9H5Br5. The van der Waals surface area contributed by atoms with E-state index < -0.39 is 0 Å². The van der Waals surface area contributed by atoms with Crippen LogP contribution in [0.5, 0.6) is 0 Å². The van der Waals surface area contributed by atoms with E-state index in [0.29, 0.717) is 0 Å². The first kappa shape index (κ1) is 13.4. The molecule has 0 aliphatic heterocycles. The van der Waals surface area contributed by atoms with E-state index in [1.54, 1.807) is 0 Å². The van der Waals surface area contributed by atoms with Crippen LogP contribution in [0.15, 0.2) is 28.9 Å². The van der Waals surface area contributed by atoms with Gasteiger partial charge >= 0.3 is 0 Å². The minimum absolute atomic E-state index is 0.973. The van der Waals surface area contributed by atoms with Gasteiger partial charge < -0.3 is 0 Å². The highest BCUT2D eigenvalue weighted by Gasteiger charge is 2.17. The fraction of sp³-hybridized carbons (Fsp3) is 0.111. The summed E-state index contributed by atoms with van der Waals surface area (Å²) in [6.45, 7) is 5.91. The molecule has 0 unspecified atom stereocenters. The molecular weight excluding hydrogens is 508 g/mol. The van der Waals surface area contributed by atoms with E-state index >= 15 is 0 Å². The van der Waals surface area contributed by atoms with Crippen molar-refractivity contribution in [1.82, 2.24) is 0 Å². The van der Waals surface area contributed by atoms with E-state index in [2.05, 4.69) is 86.2 Å². The van der Waals surface area contributed by atoms with Crippen LogP contribution >= 0.6 is 79.6 Å². The molecule has 1 aromatic carbocycles. The highest BCUT2D eigenvalue weighted by atomic mass is 79.9. The number of halogens is 5. The standard InChI is InChI=1S/C9H5Br5/c1-3(2)4-5(10)7(12)9(14)8(13)6(4)11/h1H2,2H3.